The summed E-state index contributed by atoms with van der Waals surface area (Å²) in [4.78, 5) is 0. The molecule has 4 aliphatic rings. The Bertz CT molecular complexity index is 247. The molecule has 0 saturated heterocycles. The van der Waals surface area contributed by atoms with E-state index in [9.17, 15) is 10.2 Å². The maximum atomic E-state index is 10.4. The molecule has 0 amide bonds. The molecule has 3 atom stereocenters. The molecule has 4 fully saturated rings. The van der Waals surface area contributed by atoms with Crippen LogP contribution in [0, 0.1) is 22.7 Å². The van der Waals surface area contributed by atoms with Crippen molar-refractivity contribution in [2.45, 2.75) is 45.1 Å². The summed E-state index contributed by atoms with van der Waals surface area (Å²) in [6, 6.07) is 0. The largest absolute Gasteiger partial charge is 0.396 e. The van der Waals surface area contributed by atoms with Crippen molar-refractivity contribution in [2.24, 2.45) is 22.7 Å². The molecule has 0 heterocycles. The van der Waals surface area contributed by atoms with Crippen molar-refractivity contribution >= 4 is 0 Å². The summed E-state index contributed by atoms with van der Waals surface area (Å²) in [5.74, 6) is 1.56. The number of aliphatic hydroxyl groups is 2. The maximum absolute atomic E-state index is 10.4. The van der Waals surface area contributed by atoms with Gasteiger partial charge in [-0.2, -0.15) is 0 Å². The highest BCUT2D eigenvalue weighted by molar-refractivity contribution is 5.11. The van der Waals surface area contributed by atoms with Crippen LogP contribution in [0.4, 0.5) is 0 Å². The third kappa shape index (κ3) is 0.938. The molecule has 0 aromatic rings. The number of aliphatic hydroxyl groups excluding tert-OH is 2. The van der Waals surface area contributed by atoms with Crippen LogP contribution in [0.2, 0.25) is 0 Å². The average Bonchev–Trinajstić information content (AvgIpc) is 2.12. The molecule has 0 aliphatic heterocycles. The van der Waals surface area contributed by atoms with Crippen LogP contribution in [0.5, 0.6) is 0 Å². The number of hydrogen-bond donors (Lipinski definition) is 2. The highest BCUT2D eigenvalue weighted by Gasteiger charge is 2.61. The van der Waals surface area contributed by atoms with Gasteiger partial charge in [0.15, 0.2) is 0 Å². The van der Waals surface area contributed by atoms with Crippen LogP contribution in [0.25, 0.3) is 0 Å². The van der Waals surface area contributed by atoms with Crippen molar-refractivity contribution in [1.82, 2.24) is 0 Å². The monoisotopic (exact) mass is 196 g/mol. The highest BCUT2D eigenvalue weighted by Crippen LogP contribution is 2.64. The SMILES string of the molecule is CC12CC3CC(C1)CC(CO)(C3)C2O. The van der Waals surface area contributed by atoms with Crippen LogP contribution in [0.1, 0.15) is 39.0 Å². The molecule has 2 heteroatoms. The Kier molecular flexibility index (Phi) is 1.66. The first-order chi connectivity index (χ1) is 6.58. The van der Waals surface area contributed by atoms with Gasteiger partial charge in [0.05, 0.1) is 12.7 Å². The molecule has 4 saturated carbocycles. The van der Waals surface area contributed by atoms with Crippen molar-refractivity contribution in [3.8, 4) is 0 Å². The Hall–Kier alpha value is -0.0800. The second-order valence-corrected chi connectivity index (χ2v) is 6.36. The summed E-state index contributed by atoms with van der Waals surface area (Å²) in [6.07, 6.45) is 5.60. The molecular weight excluding hydrogens is 176 g/mol. The first-order valence-electron chi connectivity index (χ1n) is 5.87. The summed E-state index contributed by atoms with van der Waals surface area (Å²) >= 11 is 0. The van der Waals surface area contributed by atoms with Gasteiger partial charge in [0, 0.05) is 5.41 Å². The van der Waals surface area contributed by atoms with Gasteiger partial charge < -0.3 is 10.2 Å². The molecule has 80 valence electrons. The van der Waals surface area contributed by atoms with Crippen LogP contribution < -0.4 is 0 Å². The Balaban J connectivity index is 2.02. The minimum atomic E-state index is -0.257. The molecule has 0 spiro atoms. The summed E-state index contributed by atoms with van der Waals surface area (Å²) < 4.78 is 0. The minimum absolute atomic E-state index is 0.118. The van der Waals surface area contributed by atoms with Crippen LogP contribution in [-0.4, -0.2) is 22.9 Å². The minimum Gasteiger partial charge on any atom is -0.396 e. The zero-order chi connectivity index (χ0) is 9.97. The first-order valence-corrected chi connectivity index (χ1v) is 5.87. The smallest absolute Gasteiger partial charge is 0.0672 e. The lowest BCUT2D eigenvalue weighted by molar-refractivity contribution is -0.211. The van der Waals surface area contributed by atoms with Gasteiger partial charge in [-0.05, 0) is 49.4 Å². The standard InChI is InChI=1S/C12H20O2/c1-11-3-8-2-9(4-11)6-12(5-8,7-13)10(11)14/h8-10,13-14H,2-7H2,1H3. The zero-order valence-electron chi connectivity index (χ0n) is 8.87. The summed E-state index contributed by atoms with van der Waals surface area (Å²) in [7, 11) is 0. The van der Waals surface area contributed by atoms with Gasteiger partial charge >= 0.3 is 0 Å². The lowest BCUT2D eigenvalue weighted by Gasteiger charge is -2.63. The van der Waals surface area contributed by atoms with E-state index in [4.69, 9.17) is 0 Å². The van der Waals surface area contributed by atoms with Gasteiger partial charge in [-0.25, -0.2) is 0 Å². The second kappa shape index (κ2) is 2.53. The van der Waals surface area contributed by atoms with Gasteiger partial charge in [-0.1, -0.05) is 6.92 Å². The van der Waals surface area contributed by atoms with Crippen molar-refractivity contribution < 1.29 is 10.2 Å². The van der Waals surface area contributed by atoms with E-state index in [0.717, 1.165) is 24.7 Å². The van der Waals surface area contributed by atoms with Gasteiger partial charge in [-0.15, -0.1) is 0 Å². The molecule has 0 radical (unpaired) electrons. The maximum Gasteiger partial charge on any atom is 0.0672 e. The molecular formula is C12H20O2. The number of rotatable bonds is 1. The van der Waals surface area contributed by atoms with Crippen molar-refractivity contribution in [1.29, 1.82) is 0 Å². The van der Waals surface area contributed by atoms with Crippen LogP contribution in [0.3, 0.4) is 0 Å². The Morgan fingerprint density at radius 2 is 1.71 bits per heavy atom. The first kappa shape index (κ1) is 9.17. The lowest BCUT2D eigenvalue weighted by atomic mass is 9.43. The van der Waals surface area contributed by atoms with Gasteiger partial charge in [0.1, 0.15) is 0 Å². The van der Waals surface area contributed by atoms with Crippen molar-refractivity contribution in [3.05, 3.63) is 0 Å². The molecule has 0 aromatic heterocycles. The van der Waals surface area contributed by atoms with Crippen LogP contribution >= 0.6 is 0 Å². The fourth-order valence-electron chi connectivity index (χ4n) is 4.99. The van der Waals surface area contributed by atoms with Crippen LogP contribution in [0.15, 0.2) is 0 Å². The van der Waals surface area contributed by atoms with Gasteiger partial charge in [0.25, 0.3) is 0 Å². The molecule has 2 N–H and O–H groups in total. The van der Waals surface area contributed by atoms with E-state index in [1.807, 2.05) is 0 Å². The predicted molar refractivity (Wildman–Crippen MR) is 53.7 cm³/mol. The van der Waals surface area contributed by atoms with E-state index in [1.54, 1.807) is 0 Å². The molecule has 4 aliphatic carbocycles. The number of hydrogen-bond acceptors (Lipinski definition) is 2. The van der Waals surface area contributed by atoms with E-state index >= 15 is 0 Å². The summed E-state index contributed by atoms with van der Waals surface area (Å²) in [6.45, 7) is 2.41. The molecule has 0 aromatic carbocycles. The fourth-order valence-corrected chi connectivity index (χ4v) is 4.99. The van der Waals surface area contributed by atoms with E-state index in [2.05, 4.69) is 6.92 Å². The third-order valence-electron chi connectivity index (χ3n) is 5.12. The fraction of sp³-hybridized carbons (Fsp3) is 1.00. The van der Waals surface area contributed by atoms with Crippen molar-refractivity contribution in [3.63, 3.8) is 0 Å². The van der Waals surface area contributed by atoms with Crippen molar-refractivity contribution in [2.75, 3.05) is 6.61 Å². The Labute approximate surface area is 85.3 Å². The third-order valence-corrected chi connectivity index (χ3v) is 5.12. The quantitative estimate of drug-likeness (QED) is 0.668. The summed E-state index contributed by atoms with van der Waals surface area (Å²) in [5.41, 5.74) is -0.00829. The van der Waals surface area contributed by atoms with E-state index in [-0.39, 0.29) is 23.5 Å². The Morgan fingerprint density at radius 3 is 2.21 bits per heavy atom. The molecule has 4 rings (SSSR count). The van der Waals surface area contributed by atoms with Crippen LogP contribution in [-0.2, 0) is 0 Å². The van der Waals surface area contributed by atoms with E-state index in [0.29, 0.717) is 0 Å². The van der Waals surface area contributed by atoms with E-state index < -0.39 is 0 Å². The van der Waals surface area contributed by atoms with Gasteiger partial charge in [0.2, 0.25) is 0 Å². The lowest BCUT2D eigenvalue weighted by Crippen LogP contribution is -2.62. The topological polar surface area (TPSA) is 40.5 Å². The van der Waals surface area contributed by atoms with E-state index in [1.165, 1.54) is 19.3 Å². The predicted octanol–water partition coefficient (Wildman–Crippen LogP) is 1.56. The average molecular weight is 196 g/mol. The second-order valence-electron chi connectivity index (χ2n) is 6.36. The highest BCUT2D eigenvalue weighted by atomic mass is 16.3. The molecule has 3 unspecified atom stereocenters. The normalized spacial score (nSPS) is 60.6. The Morgan fingerprint density at radius 1 is 1.14 bits per heavy atom. The van der Waals surface area contributed by atoms with Gasteiger partial charge in [-0.3, -0.25) is 0 Å². The summed E-state index contributed by atoms with van der Waals surface area (Å²) in [5, 5.41) is 19.9. The zero-order valence-corrected chi connectivity index (χ0v) is 8.87. The molecule has 14 heavy (non-hydrogen) atoms. The molecule has 2 nitrogen and oxygen atoms in total. The molecule has 4 bridgehead atoms.